The molecule has 5 heteroatoms. The lowest BCUT2D eigenvalue weighted by Crippen LogP contribution is -2.19. The summed E-state index contributed by atoms with van der Waals surface area (Å²) in [6.07, 6.45) is 0. The normalized spacial score (nSPS) is 12.3. The van der Waals surface area contributed by atoms with Crippen LogP contribution in [0.2, 0.25) is 5.02 Å². The predicted octanol–water partition coefficient (Wildman–Crippen LogP) is 5.11. The molecule has 0 aliphatic carbocycles. The van der Waals surface area contributed by atoms with E-state index in [0.29, 0.717) is 23.8 Å². The van der Waals surface area contributed by atoms with Crippen LogP contribution in [0.1, 0.15) is 41.6 Å². The number of halogens is 1. The van der Waals surface area contributed by atoms with E-state index in [2.05, 4.69) is 12.2 Å². The molecule has 1 atom stereocenters. The Morgan fingerprint density at radius 3 is 2.80 bits per heavy atom. The zero-order chi connectivity index (χ0) is 17.8. The molecular weight excluding hydrogens is 338 g/mol. The van der Waals surface area contributed by atoms with Gasteiger partial charge in [0.25, 0.3) is 0 Å². The van der Waals surface area contributed by atoms with Crippen molar-refractivity contribution in [2.24, 2.45) is 0 Å². The lowest BCUT2D eigenvalue weighted by Gasteiger charge is -2.14. The van der Waals surface area contributed by atoms with Gasteiger partial charge >= 0.3 is 5.97 Å². The van der Waals surface area contributed by atoms with Crippen molar-refractivity contribution in [2.45, 2.75) is 26.4 Å². The highest BCUT2D eigenvalue weighted by atomic mass is 35.5. The molecule has 0 amide bonds. The Morgan fingerprint density at radius 1 is 1.24 bits per heavy atom. The Kier molecular flexibility index (Phi) is 5.41. The lowest BCUT2D eigenvalue weighted by molar-refractivity contribution is 0.0490. The van der Waals surface area contributed by atoms with E-state index >= 15 is 0 Å². The van der Waals surface area contributed by atoms with Crippen LogP contribution in [-0.4, -0.2) is 12.6 Å². The number of rotatable bonds is 6. The molecule has 0 saturated heterocycles. The van der Waals surface area contributed by atoms with Crippen LogP contribution in [0.15, 0.2) is 52.9 Å². The first-order valence-corrected chi connectivity index (χ1v) is 8.64. The standard InChI is InChI=1S/C20H20ClNO3/c1-3-24-20(23)19-17(16-9-4-5-10-18(16)25-19)12-22-13(2)14-7-6-8-15(21)11-14/h4-11,13,22H,3,12H2,1-2H3/t13-/m1/s1. The zero-order valence-corrected chi connectivity index (χ0v) is 15.0. The van der Waals surface area contributed by atoms with Crippen molar-refractivity contribution in [1.29, 1.82) is 0 Å². The third kappa shape index (κ3) is 3.86. The lowest BCUT2D eigenvalue weighted by atomic mass is 10.1. The number of esters is 1. The van der Waals surface area contributed by atoms with Crippen molar-refractivity contribution in [1.82, 2.24) is 5.32 Å². The van der Waals surface area contributed by atoms with Gasteiger partial charge in [-0.2, -0.15) is 0 Å². The second-order valence-electron chi connectivity index (χ2n) is 5.78. The molecule has 1 N–H and O–H groups in total. The van der Waals surface area contributed by atoms with Gasteiger partial charge in [0.05, 0.1) is 6.61 Å². The zero-order valence-electron chi connectivity index (χ0n) is 14.2. The smallest absolute Gasteiger partial charge is 0.374 e. The van der Waals surface area contributed by atoms with Gasteiger partial charge in [-0.15, -0.1) is 0 Å². The second kappa shape index (κ2) is 7.72. The molecular formula is C20H20ClNO3. The minimum Gasteiger partial charge on any atom is -0.460 e. The Bertz CT molecular complexity index is 888. The van der Waals surface area contributed by atoms with Crippen molar-refractivity contribution in [3.8, 4) is 0 Å². The van der Waals surface area contributed by atoms with E-state index in [9.17, 15) is 4.79 Å². The maximum atomic E-state index is 12.2. The third-order valence-electron chi connectivity index (χ3n) is 4.09. The van der Waals surface area contributed by atoms with Crippen LogP contribution in [0.3, 0.4) is 0 Å². The van der Waals surface area contributed by atoms with Crippen molar-refractivity contribution in [3.05, 3.63) is 70.4 Å². The van der Waals surface area contributed by atoms with Gasteiger partial charge in [-0.05, 0) is 37.6 Å². The highest BCUT2D eigenvalue weighted by Gasteiger charge is 2.21. The maximum absolute atomic E-state index is 12.2. The van der Waals surface area contributed by atoms with E-state index in [4.69, 9.17) is 20.8 Å². The molecule has 1 heterocycles. The molecule has 3 rings (SSSR count). The fourth-order valence-corrected chi connectivity index (χ4v) is 2.98. The molecule has 0 saturated carbocycles. The average molecular weight is 358 g/mol. The first kappa shape index (κ1) is 17.5. The van der Waals surface area contributed by atoms with E-state index in [0.717, 1.165) is 16.5 Å². The Labute approximate surface area is 151 Å². The fourth-order valence-electron chi connectivity index (χ4n) is 2.78. The second-order valence-corrected chi connectivity index (χ2v) is 6.22. The summed E-state index contributed by atoms with van der Waals surface area (Å²) in [5.41, 5.74) is 2.57. The minimum absolute atomic E-state index is 0.0717. The molecule has 2 aromatic carbocycles. The van der Waals surface area contributed by atoms with Gasteiger partial charge in [-0.1, -0.05) is 41.9 Å². The minimum atomic E-state index is -0.439. The maximum Gasteiger partial charge on any atom is 0.374 e. The number of carbonyl (C=O) groups excluding carboxylic acids is 1. The summed E-state index contributed by atoms with van der Waals surface area (Å²) in [4.78, 5) is 12.2. The summed E-state index contributed by atoms with van der Waals surface area (Å²) in [6.45, 7) is 4.62. The van der Waals surface area contributed by atoms with Gasteiger partial charge in [-0.3, -0.25) is 0 Å². The quantitative estimate of drug-likeness (QED) is 0.622. The Hall–Kier alpha value is -2.30. The number of hydrogen-bond acceptors (Lipinski definition) is 4. The summed E-state index contributed by atoms with van der Waals surface area (Å²) in [6, 6.07) is 15.4. The van der Waals surface area contributed by atoms with Crippen molar-refractivity contribution < 1.29 is 13.9 Å². The first-order valence-electron chi connectivity index (χ1n) is 8.26. The first-order chi connectivity index (χ1) is 12.1. The number of ether oxygens (including phenoxy) is 1. The van der Waals surface area contributed by atoms with Crippen LogP contribution in [0.4, 0.5) is 0 Å². The number of para-hydroxylation sites is 1. The van der Waals surface area contributed by atoms with Gasteiger partial charge in [-0.25, -0.2) is 4.79 Å². The van der Waals surface area contributed by atoms with E-state index in [1.807, 2.05) is 48.5 Å². The molecule has 1 aromatic heterocycles. The molecule has 25 heavy (non-hydrogen) atoms. The van der Waals surface area contributed by atoms with Crippen LogP contribution >= 0.6 is 11.6 Å². The molecule has 0 radical (unpaired) electrons. The van der Waals surface area contributed by atoms with Crippen LogP contribution in [-0.2, 0) is 11.3 Å². The topological polar surface area (TPSA) is 51.5 Å². The van der Waals surface area contributed by atoms with Crippen LogP contribution in [0.25, 0.3) is 11.0 Å². The molecule has 0 aliphatic rings. The Morgan fingerprint density at radius 2 is 2.04 bits per heavy atom. The molecule has 130 valence electrons. The highest BCUT2D eigenvalue weighted by molar-refractivity contribution is 6.30. The fraction of sp³-hybridized carbons (Fsp3) is 0.250. The SMILES string of the molecule is CCOC(=O)c1oc2ccccc2c1CN[C@H](C)c1cccc(Cl)c1. The molecule has 0 aliphatic heterocycles. The van der Waals surface area contributed by atoms with Crippen molar-refractivity contribution in [3.63, 3.8) is 0 Å². The van der Waals surface area contributed by atoms with E-state index in [1.165, 1.54) is 0 Å². The van der Waals surface area contributed by atoms with Gasteiger partial charge in [0.2, 0.25) is 5.76 Å². The van der Waals surface area contributed by atoms with Gasteiger partial charge in [0.1, 0.15) is 5.58 Å². The summed E-state index contributed by atoms with van der Waals surface area (Å²) in [5.74, 6) is -0.181. The molecule has 4 nitrogen and oxygen atoms in total. The predicted molar refractivity (Wildman–Crippen MR) is 98.9 cm³/mol. The summed E-state index contributed by atoms with van der Waals surface area (Å²) >= 11 is 6.06. The number of benzene rings is 2. The van der Waals surface area contributed by atoms with E-state index in [1.54, 1.807) is 6.92 Å². The molecule has 0 spiro atoms. The van der Waals surface area contributed by atoms with Crippen molar-refractivity contribution >= 4 is 28.5 Å². The van der Waals surface area contributed by atoms with Gasteiger partial charge < -0.3 is 14.5 Å². The summed E-state index contributed by atoms with van der Waals surface area (Å²) < 4.78 is 10.9. The molecule has 3 aromatic rings. The molecule has 0 unspecified atom stereocenters. The summed E-state index contributed by atoms with van der Waals surface area (Å²) in [5, 5.41) is 5.05. The van der Waals surface area contributed by atoms with Crippen LogP contribution < -0.4 is 5.32 Å². The Balaban J connectivity index is 1.87. The number of hydrogen-bond donors (Lipinski definition) is 1. The number of carbonyl (C=O) groups is 1. The third-order valence-corrected chi connectivity index (χ3v) is 4.33. The molecule has 0 fully saturated rings. The van der Waals surface area contributed by atoms with Gasteiger partial charge in [0, 0.05) is 28.6 Å². The molecule has 0 bridgehead atoms. The van der Waals surface area contributed by atoms with E-state index in [-0.39, 0.29) is 11.8 Å². The highest BCUT2D eigenvalue weighted by Crippen LogP contribution is 2.27. The average Bonchev–Trinajstić information content (AvgIpc) is 2.98. The number of fused-ring (bicyclic) bond motifs is 1. The van der Waals surface area contributed by atoms with Crippen molar-refractivity contribution in [2.75, 3.05) is 6.61 Å². The number of furan rings is 1. The summed E-state index contributed by atoms with van der Waals surface area (Å²) in [7, 11) is 0. The van der Waals surface area contributed by atoms with Crippen LogP contribution in [0.5, 0.6) is 0 Å². The van der Waals surface area contributed by atoms with Crippen LogP contribution in [0, 0.1) is 0 Å². The largest absolute Gasteiger partial charge is 0.460 e. The van der Waals surface area contributed by atoms with E-state index < -0.39 is 5.97 Å². The monoisotopic (exact) mass is 357 g/mol. The number of nitrogens with one attached hydrogen (secondary N) is 1. The van der Waals surface area contributed by atoms with Gasteiger partial charge in [0.15, 0.2) is 0 Å².